The van der Waals surface area contributed by atoms with Crippen molar-refractivity contribution in [2.24, 2.45) is 7.05 Å². The van der Waals surface area contributed by atoms with E-state index in [2.05, 4.69) is 16.1 Å². The number of carbonyl (C=O) groups is 1. The molecule has 0 aliphatic carbocycles. The molecule has 1 aliphatic rings. The highest BCUT2D eigenvalue weighted by Crippen LogP contribution is 2.23. The summed E-state index contributed by atoms with van der Waals surface area (Å²) in [4.78, 5) is 17.2. The fourth-order valence-corrected chi connectivity index (χ4v) is 3.55. The topological polar surface area (TPSA) is 50.6 Å². The van der Waals surface area contributed by atoms with E-state index in [-0.39, 0.29) is 5.91 Å². The van der Waals surface area contributed by atoms with Gasteiger partial charge in [0.15, 0.2) is 0 Å². The number of methoxy groups -OCH3 is 1. The van der Waals surface area contributed by atoms with Gasteiger partial charge in [-0.2, -0.15) is 5.10 Å². The summed E-state index contributed by atoms with van der Waals surface area (Å²) in [7, 11) is 3.50. The van der Waals surface area contributed by atoms with Crippen molar-refractivity contribution in [3.63, 3.8) is 0 Å². The van der Waals surface area contributed by atoms with Crippen molar-refractivity contribution in [2.75, 3.05) is 38.2 Å². The summed E-state index contributed by atoms with van der Waals surface area (Å²) in [6.07, 6.45) is 0. The Labute approximate surface area is 164 Å². The van der Waals surface area contributed by atoms with Gasteiger partial charge in [-0.1, -0.05) is 36.4 Å². The quantitative estimate of drug-likeness (QED) is 0.702. The molecule has 2 aromatic carbocycles. The SMILES string of the molecule is COc1cccc(N2CCN(C(=O)c3cc(-c4ccccc4)nn3C)CC2)c1. The Bertz CT molecular complexity index is 960. The molecule has 4 rings (SSSR count). The first-order chi connectivity index (χ1) is 13.7. The van der Waals surface area contributed by atoms with Gasteiger partial charge in [-0.05, 0) is 18.2 Å². The fourth-order valence-electron chi connectivity index (χ4n) is 3.55. The summed E-state index contributed by atoms with van der Waals surface area (Å²) >= 11 is 0. The van der Waals surface area contributed by atoms with E-state index < -0.39 is 0 Å². The van der Waals surface area contributed by atoms with Crippen LogP contribution in [0.5, 0.6) is 5.75 Å². The highest BCUT2D eigenvalue weighted by Gasteiger charge is 2.25. The third-order valence-corrected chi connectivity index (χ3v) is 5.15. The predicted octanol–water partition coefficient (Wildman–Crippen LogP) is 3.06. The van der Waals surface area contributed by atoms with Gasteiger partial charge in [0.2, 0.25) is 0 Å². The first-order valence-electron chi connectivity index (χ1n) is 9.43. The van der Waals surface area contributed by atoms with Gasteiger partial charge in [-0.15, -0.1) is 0 Å². The Hall–Kier alpha value is -3.28. The van der Waals surface area contributed by atoms with Crippen molar-refractivity contribution in [1.82, 2.24) is 14.7 Å². The highest BCUT2D eigenvalue weighted by atomic mass is 16.5. The van der Waals surface area contributed by atoms with Crippen molar-refractivity contribution in [3.05, 3.63) is 66.4 Å². The van der Waals surface area contributed by atoms with Crippen LogP contribution in [-0.4, -0.2) is 53.9 Å². The molecule has 0 spiro atoms. The molecule has 1 aromatic heterocycles. The van der Waals surface area contributed by atoms with Gasteiger partial charge in [-0.25, -0.2) is 0 Å². The van der Waals surface area contributed by atoms with Gasteiger partial charge >= 0.3 is 0 Å². The Kier molecular flexibility index (Phi) is 5.02. The second-order valence-corrected chi connectivity index (χ2v) is 6.89. The van der Waals surface area contributed by atoms with E-state index in [0.29, 0.717) is 18.8 Å². The monoisotopic (exact) mass is 376 g/mol. The van der Waals surface area contributed by atoms with E-state index in [1.807, 2.05) is 66.5 Å². The van der Waals surface area contributed by atoms with Crippen LogP contribution in [0.1, 0.15) is 10.5 Å². The van der Waals surface area contributed by atoms with Crippen LogP contribution in [0.4, 0.5) is 5.69 Å². The number of hydrogen-bond donors (Lipinski definition) is 0. The van der Waals surface area contributed by atoms with Gasteiger partial charge in [0.05, 0.1) is 12.8 Å². The molecule has 0 unspecified atom stereocenters. The van der Waals surface area contributed by atoms with Crippen LogP contribution in [0.25, 0.3) is 11.3 Å². The molecule has 6 heteroatoms. The Morgan fingerprint density at radius 2 is 1.71 bits per heavy atom. The maximum absolute atomic E-state index is 13.0. The third kappa shape index (κ3) is 3.58. The number of hydrogen-bond acceptors (Lipinski definition) is 4. The van der Waals surface area contributed by atoms with E-state index in [9.17, 15) is 4.79 Å². The number of ether oxygens (including phenoxy) is 1. The van der Waals surface area contributed by atoms with Gasteiger partial charge in [0.1, 0.15) is 11.4 Å². The predicted molar refractivity (Wildman–Crippen MR) is 110 cm³/mol. The Morgan fingerprint density at radius 3 is 2.43 bits per heavy atom. The lowest BCUT2D eigenvalue weighted by Gasteiger charge is -2.36. The molecule has 0 N–H and O–H groups in total. The molecule has 0 saturated carbocycles. The lowest BCUT2D eigenvalue weighted by molar-refractivity contribution is 0.0735. The molecule has 3 aromatic rings. The second-order valence-electron chi connectivity index (χ2n) is 6.89. The summed E-state index contributed by atoms with van der Waals surface area (Å²) in [5.74, 6) is 0.877. The smallest absolute Gasteiger partial charge is 0.272 e. The summed E-state index contributed by atoms with van der Waals surface area (Å²) in [5, 5.41) is 4.52. The van der Waals surface area contributed by atoms with Crippen molar-refractivity contribution in [3.8, 4) is 17.0 Å². The summed E-state index contributed by atoms with van der Waals surface area (Å²) in [6, 6.07) is 19.9. The number of aryl methyl sites for hydroxylation is 1. The van der Waals surface area contributed by atoms with Gasteiger partial charge < -0.3 is 14.5 Å². The van der Waals surface area contributed by atoms with Gasteiger partial charge in [0, 0.05) is 50.5 Å². The van der Waals surface area contributed by atoms with Crippen molar-refractivity contribution in [2.45, 2.75) is 0 Å². The van der Waals surface area contributed by atoms with E-state index in [1.54, 1.807) is 11.8 Å². The maximum Gasteiger partial charge on any atom is 0.272 e. The first kappa shape index (κ1) is 18.1. The van der Waals surface area contributed by atoms with E-state index >= 15 is 0 Å². The van der Waals surface area contributed by atoms with Crippen LogP contribution in [0.15, 0.2) is 60.7 Å². The summed E-state index contributed by atoms with van der Waals surface area (Å²) < 4.78 is 6.99. The number of nitrogens with zero attached hydrogens (tertiary/aromatic N) is 4. The zero-order valence-electron chi connectivity index (χ0n) is 16.2. The number of benzene rings is 2. The Morgan fingerprint density at radius 1 is 0.964 bits per heavy atom. The molecule has 144 valence electrons. The molecular formula is C22H24N4O2. The molecule has 0 bridgehead atoms. The van der Waals surface area contributed by atoms with Crippen LogP contribution < -0.4 is 9.64 Å². The average molecular weight is 376 g/mol. The first-order valence-corrected chi connectivity index (χ1v) is 9.43. The van der Waals surface area contributed by atoms with Crippen LogP contribution >= 0.6 is 0 Å². The maximum atomic E-state index is 13.0. The minimum atomic E-state index is 0.0301. The molecule has 1 fully saturated rings. The van der Waals surface area contributed by atoms with Gasteiger partial charge in [-0.3, -0.25) is 9.48 Å². The molecule has 0 radical (unpaired) electrons. The highest BCUT2D eigenvalue weighted by molar-refractivity contribution is 5.94. The minimum absolute atomic E-state index is 0.0301. The molecular weight excluding hydrogens is 352 g/mol. The lowest BCUT2D eigenvalue weighted by atomic mass is 10.1. The van der Waals surface area contributed by atoms with E-state index in [0.717, 1.165) is 35.8 Å². The van der Waals surface area contributed by atoms with Crippen LogP contribution in [-0.2, 0) is 7.05 Å². The fraction of sp³-hybridized carbons (Fsp3) is 0.273. The molecule has 0 atom stereocenters. The number of piperazine rings is 1. The number of amides is 1. The van der Waals surface area contributed by atoms with Crippen LogP contribution in [0, 0.1) is 0 Å². The number of rotatable bonds is 4. The molecule has 28 heavy (non-hydrogen) atoms. The molecule has 1 aliphatic heterocycles. The number of anilines is 1. The molecule has 1 amide bonds. The summed E-state index contributed by atoms with van der Waals surface area (Å²) in [5.41, 5.74) is 3.58. The van der Waals surface area contributed by atoms with Crippen molar-refractivity contribution < 1.29 is 9.53 Å². The van der Waals surface area contributed by atoms with Crippen LogP contribution in [0.2, 0.25) is 0 Å². The van der Waals surface area contributed by atoms with Crippen molar-refractivity contribution in [1.29, 1.82) is 0 Å². The lowest BCUT2D eigenvalue weighted by Crippen LogP contribution is -2.49. The minimum Gasteiger partial charge on any atom is -0.497 e. The third-order valence-electron chi connectivity index (χ3n) is 5.15. The van der Waals surface area contributed by atoms with Crippen molar-refractivity contribution >= 4 is 11.6 Å². The van der Waals surface area contributed by atoms with E-state index in [4.69, 9.17) is 4.74 Å². The summed E-state index contributed by atoms with van der Waals surface area (Å²) in [6.45, 7) is 2.95. The average Bonchev–Trinajstić information content (AvgIpc) is 3.15. The van der Waals surface area contributed by atoms with E-state index in [1.165, 1.54) is 0 Å². The molecule has 2 heterocycles. The molecule has 1 saturated heterocycles. The number of aromatic nitrogens is 2. The zero-order valence-corrected chi connectivity index (χ0v) is 16.2. The van der Waals surface area contributed by atoms with Gasteiger partial charge in [0.25, 0.3) is 5.91 Å². The molecule has 6 nitrogen and oxygen atoms in total. The Balaban J connectivity index is 1.45. The second kappa shape index (κ2) is 7.76. The number of carbonyl (C=O) groups excluding carboxylic acids is 1. The van der Waals surface area contributed by atoms with Crippen LogP contribution in [0.3, 0.4) is 0 Å². The standard InChI is InChI=1S/C22H24N4O2/c1-24-21(16-20(23-24)17-7-4-3-5-8-17)22(27)26-13-11-25(12-14-26)18-9-6-10-19(15-18)28-2/h3-10,15-16H,11-14H2,1-2H3. The zero-order chi connectivity index (χ0) is 19.5. The largest absolute Gasteiger partial charge is 0.497 e. The normalized spacial score (nSPS) is 14.2.